The monoisotopic (exact) mass is 283 g/mol. The Morgan fingerprint density at radius 1 is 1.35 bits per heavy atom. The van der Waals surface area contributed by atoms with Crippen LogP contribution in [0.4, 0.5) is 4.39 Å². The maximum Gasteiger partial charge on any atom is 0.308 e. The largest absolute Gasteiger partial charge is 0.493 e. The molecule has 0 aliphatic carbocycles. The van der Waals surface area contributed by atoms with E-state index in [1.807, 2.05) is 0 Å². The van der Waals surface area contributed by atoms with Gasteiger partial charge in [-0.05, 0) is 30.7 Å². The molecule has 1 amide bonds. The number of hydrogen-bond donors (Lipinski definition) is 2. The van der Waals surface area contributed by atoms with Crippen molar-refractivity contribution in [3.05, 3.63) is 30.1 Å². The summed E-state index contributed by atoms with van der Waals surface area (Å²) in [6, 6.07) is 5.50. The van der Waals surface area contributed by atoms with Crippen molar-refractivity contribution in [2.24, 2.45) is 5.92 Å². The van der Waals surface area contributed by atoms with Gasteiger partial charge in [0.2, 0.25) is 5.91 Å². The van der Waals surface area contributed by atoms with Gasteiger partial charge in [0.05, 0.1) is 18.9 Å². The van der Waals surface area contributed by atoms with Gasteiger partial charge >= 0.3 is 5.97 Å². The van der Waals surface area contributed by atoms with E-state index in [9.17, 15) is 14.0 Å². The van der Waals surface area contributed by atoms with E-state index in [0.29, 0.717) is 12.2 Å². The van der Waals surface area contributed by atoms with Gasteiger partial charge < -0.3 is 15.2 Å². The number of halogens is 1. The number of carbonyl (C=O) groups is 2. The second kappa shape index (κ2) is 8.14. The average Bonchev–Trinajstić information content (AvgIpc) is 2.41. The van der Waals surface area contributed by atoms with Crippen molar-refractivity contribution >= 4 is 11.9 Å². The van der Waals surface area contributed by atoms with Crippen molar-refractivity contribution in [2.75, 3.05) is 13.2 Å². The van der Waals surface area contributed by atoms with Gasteiger partial charge in [-0.2, -0.15) is 0 Å². The number of amides is 1. The van der Waals surface area contributed by atoms with Crippen molar-refractivity contribution in [1.29, 1.82) is 0 Å². The summed E-state index contributed by atoms with van der Waals surface area (Å²) in [4.78, 5) is 22.2. The summed E-state index contributed by atoms with van der Waals surface area (Å²) in [7, 11) is 0. The second-order valence-corrected chi connectivity index (χ2v) is 4.30. The van der Waals surface area contributed by atoms with Crippen LogP contribution in [0.5, 0.6) is 5.75 Å². The van der Waals surface area contributed by atoms with Crippen LogP contribution in [0, 0.1) is 11.7 Å². The summed E-state index contributed by atoms with van der Waals surface area (Å²) in [5.74, 6) is -1.63. The Hall–Kier alpha value is -2.11. The minimum Gasteiger partial charge on any atom is -0.493 e. The summed E-state index contributed by atoms with van der Waals surface area (Å²) in [5, 5.41) is 11.4. The number of benzene rings is 1. The van der Waals surface area contributed by atoms with E-state index in [-0.39, 0.29) is 31.3 Å². The van der Waals surface area contributed by atoms with Crippen LogP contribution in [-0.2, 0) is 9.59 Å². The lowest BCUT2D eigenvalue weighted by Gasteiger charge is -2.11. The van der Waals surface area contributed by atoms with Gasteiger partial charge in [0.1, 0.15) is 11.6 Å². The van der Waals surface area contributed by atoms with Crippen LogP contribution in [0.2, 0.25) is 0 Å². The molecule has 0 fully saturated rings. The second-order valence-electron chi connectivity index (χ2n) is 4.30. The molecule has 2 N–H and O–H groups in total. The Balaban J connectivity index is 2.23. The van der Waals surface area contributed by atoms with Crippen LogP contribution in [0.1, 0.15) is 19.8 Å². The third kappa shape index (κ3) is 5.69. The normalized spacial score (nSPS) is 11.7. The van der Waals surface area contributed by atoms with Crippen molar-refractivity contribution < 1.29 is 23.8 Å². The molecule has 110 valence electrons. The summed E-state index contributed by atoms with van der Waals surface area (Å²) in [5.41, 5.74) is 0. The highest BCUT2D eigenvalue weighted by molar-refractivity contribution is 5.77. The molecule has 0 saturated heterocycles. The lowest BCUT2D eigenvalue weighted by molar-refractivity contribution is -0.141. The van der Waals surface area contributed by atoms with E-state index in [1.165, 1.54) is 24.3 Å². The van der Waals surface area contributed by atoms with E-state index >= 15 is 0 Å². The molecule has 0 saturated carbocycles. The van der Waals surface area contributed by atoms with Crippen molar-refractivity contribution in [3.63, 3.8) is 0 Å². The van der Waals surface area contributed by atoms with Crippen molar-refractivity contribution in [3.8, 4) is 5.75 Å². The topological polar surface area (TPSA) is 75.6 Å². The van der Waals surface area contributed by atoms with Gasteiger partial charge in [0.25, 0.3) is 0 Å². The molecular formula is C14H18FNO4. The number of nitrogens with one attached hydrogen (secondary N) is 1. The Kier molecular flexibility index (Phi) is 6.49. The molecule has 0 bridgehead atoms. The molecule has 0 radical (unpaired) electrons. The van der Waals surface area contributed by atoms with Crippen LogP contribution in [-0.4, -0.2) is 30.1 Å². The lowest BCUT2D eigenvalue weighted by atomic mass is 10.1. The Labute approximate surface area is 116 Å². The lowest BCUT2D eigenvalue weighted by Crippen LogP contribution is -2.33. The highest BCUT2D eigenvalue weighted by Gasteiger charge is 2.15. The molecule has 1 aromatic rings. The first kappa shape index (κ1) is 15.9. The molecule has 1 rings (SSSR count). The highest BCUT2D eigenvalue weighted by Crippen LogP contribution is 2.11. The fraction of sp³-hybridized carbons (Fsp3) is 0.429. The third-order valence-corrected chi connectivity index (χ3v) is 2.80. The summed E-state index contributed by atoms with van der Waals surface area (Å²) >= 11 is 0. The van der Waals surface area contributed by atoms with E-state index in [4.69, 9.17) is 9.84 Å². The van der Waals surface area contributed by atoms with Crippen LogP contribution < -0.4 is 10.1 Å². The molecular weight excluding hydrogens is 265 g/mol. The van der Waals surface area contributed by atoms with Gasteiger partial charge in [0, 0.05) is 6.54 Å². The van der Waals surface area contributed by atoms with E-state index in [1.54, 1.807) is 6.92 Å². The van der Waals surface area contributed by atoms with E-state index in [0.717, 1.165) is 0 Å². The Morgan fingerprint density at radius 2 is 2.00 bits per heavy atom. The molecule has 1 aromatic carbocycles. The molecule has 0 heterocycles. The van der Waals surface area contributed by atoms with Crippen molar-refractivity contribution in [2.45, 2.75) is 19.8 Å². The number of hydrogen-bond acceptors (Lipinski definition) is 3. The van der Waals surface area contributed by atoms with Gasteiger partial charge in [-0.1, -0.05) is 6.92 Å². The zero-order chi connectivity index (χ0) is 15.0. The third-order valence-electron chi connectivity index (χ3n) is 2.80. The first-order valence-corrected chi connectivity index (χ1v) is 6.40. The first-order chi connectivity index (χ1) is 9.52. The number of aliphatic carboxylic acids is 1. The smallest absolute Gasteiger partial charge is 0.308 e. The van der Waals surface area contributed by atoms with Crippen molar-refractivity contribution in [1.82, 2.24) is 5.32 Å². The number of ether oxygens (including phenoxy) is 1. The Bertz CT molecular complexity index is 447. The van der Waals surface area contributed by atoms with Gasteiger partial charge in [0.15, 0.2) is 0 Å². The maximum absolute atomic E-state index is 12.6. The molecule has 0 aromatic heterocycles. The van der Waals surface area contributed by atoms with Crippen LogP contribution in [0.3, 0.4) is 0 Å². The molecule has 5 nitrogen and oxygen atoms in total. The minimum absolute atomic E-state index is 0.112. The summed E-state index contributed by atoms with van der Waals surface area (Å²) in [6.45, 7) is 2.02. The van der Waals surface area contributed by atoms with Gasteiger partial charge in [-0.15, -0.1) is 0 Å². The number of carboxylic acid groups (broad SMARTS) is 1. The van der Waals surface area contributed by atoms with Crippen LogP contribution >= 0.6 is 0 Å². The van der Waals surface area contributed by atoms with E-state index < -0.39 is 11.9 Å². The molecule has 6 heteroatoms. The quantitative estimate of drug-likeness (QED) is 0.763. The summed E-state index contributed by atoms with van der Waals surface area (Å²) in [6.07, 6.45) is 0.578. The minimum atomic E-state index is -0.921. The molecule has 1 unspecified atom stereocenters. The summed E-state index contributed by atoms with van der Waals surface area (Å²) < 4.78 is 17.9. The SMILES string of the molecule is CCC(CNC(=O)CCOc1ccc(F)cc1)C(=O)O. The fourth-order valence-electron chi connectivity index (χ4n) is 1.52. The maximum atomic E-state index is 12.6. The number of carbonyl (C=O) groups excluding carboxylic acids is 1. The van der Waals surface area contributed by atoms with Crippen LogP contribution in [0.25, 0.3) is 0 Å². The zero-order valence-corrected chi connectivity index (χ0v) is 11.3. The predicted octanol–water partition coefficient (Wildman–Crippen LogP) is 1.82. The zero-order valence-electron chi connectivity index (χ0n) is 11.3. The molecule has 20 heavy (non-hydrogen) atoms. The average molecular weight is 283 g/mol. The van der Waals surface area contributed by atoms with Gasteiger partial charge in [-0.3, -0.25) is 9.59 Å². The molecule has 1 atom stereocenters. The first-order valence-electron chi connectivity index (χ1n) is 6.40. The molecule has 0 aliphatic heterocycles. The number of carboxylic acids is 1. The number of rotatable bonds is 8. The molecule has 0 spiro atoms. The Morgan fingerprint density at radius 3 is 2.55 bits per heavy atom. The standard InChI is InChI=1S/C14H18FNO4/c1-2-10(14(18)19)9-16-13(17)7-8-20-12-5-3-11(15)4-6-12/h3-6,10H,2,7-9H2,1H3,(H,16,17)(H,18,19). The van der Waals surface area contributed by atoms with E-state index in [2.05, 4.69) is 5.32 Å². The van der Waals surface area contributed by atoms with Gasteiger partial charge in [-0.25, -0.2) is 4.39 Å². The molecule has 0 aliphatic rings. The highest BCUT2D eigenvalue weighted by atomic mass is 19.1. The predicted molar refractivity (Wildman–Crippen MR) is 70.9 cm³/mol. The fourth-order valence-corrected chi connectivity index (χ4v) is 1.52. The van der Waals surface area contributed by atoms with Crippen LogP contribution in [0.15, 0.2) is 24.3 Å².